The highest BCUT2D eigenvalue weighted by Gasteiger charge is 2.28. The van der Waals surface area contributed by atoms with Gasteiger partial charge in [0, 0.05) is 13.6 Å². The van der Waals surface area contributed by atoms with Gasteiger partial charge < -0.3 is 20.3 Å². The van der Waals surface area contributed by atoms with Crippen LogP contribution < -0.4 is 10.6 Å². The number of alkyl carbamates (subject to hydrolysis) is 1. The van der Waals surface area contributed by atoms with Crippen molar-refractivity contribution >= 4 is 17.9 Å². The largest absolute Gasteiger partial charge is 0.444 e. The van der Waals surface area contributed by atoms with Gasteiger partial charge in [0.1, 0.15) is 18.2 Å². The van der Waals surface area contributed by atoms with E-state index in [0.717, 1.165) is 19.3 Å². The first-order valence-corrected chi connectivity index (χ1v) is 9.71. The minimum atomic E-state index is -0.768. The first kappa shape index (κ1) is 23.5. The fraction of sp³-hybridized carbons (Fsp3) is 0.571. The fourth-order valence-electron chi connectivity index (χ4n) is 2.60. The number of benzene rings is 1. The van der Waals surface area contributed by atoms with Crippen LogP contribution in [0.5, 0.6) is 0 Å². The highest BCUT2D eigenvalue weighted by molar-refractivity contribution is 5.90. The van der Waals surface area contributed by atoms with Gasteiger partial charge in [0.05, 0.1) is 0 Å². The minimum Gasteiger partial charge on any atom is -0.444 e. The summed E-state index contributed by atoms with van der Waals surface area (Å²) < 4.78 is 5.14. The molecule has 0 aliphatic carbocycles. The third kappa shape index (κ3) is 8.41. The van der Waals surface area contributed by atoms with Crippen molar-refractivity contribution in [3.63, 3.8) is 0 Å². The lowest BCUT2D eigenvalue weighted by Gasteiger charge is -2.28. The lowest BCUT2D eigenvalue weighted by atomic mass is 10.0. The van der Waals surface area contributed by atoms with Crippen LogP contribution in [0.15, 0.2) is 30.3 Å². The van der Waals surface area contributed by atoms with Gasteiger partial charge in [-0.25, -0.2) is 4.79 Å². The lowest BCUT2D eigenvalue weighted by Crippen LogP contribution is -2.46. The Hall–Kier alpha value is -2.57. The van der Waals surface area contributed by atoms with E-state index in [1.54, 1.807) is 40.0 Å². The molecule has 0 fully saturated rings. The van der Waals surface area contributed by atoms with Crippen LogP contribution >= 0.6 is 0 Å². The molecule has 0 heterocycles. The number of rotatable bonds is 9. The number of ether oxygens (including phenoxy) is 1. The van der Waals surface area contributed by atoms with E-state index in [-0.39, 0.29) is 18.4 Å². The molecule has 2 N–H and O–H groups in total. The van der Waals surface area contributed by atoms with Crippen molar-refractivity contribution in [1.29, 1.82) is 0 Å². The molecule has 1 unspecified atom stereocenters. The van der Waals surface area contributed by atoms with E-state index in [4.69, 9.17) is 4.74 Å². The number of hydrogen-bond donors (Lipinski definition) is 2. The van der Waals surface area contributed by atoms with E-state index in [9.17, 15) is 14.4 Å². The van der Waals surface area contributed by atoms with Crippen LogP contribution in [0.3, 0.4) is 0 Å². The number of carbonyl (C=O) groups is 3. The monoisotopic (exact) mass is 391 g/mol. The Kier molecular flexibility index (Phi) is 9.48. The topological polar surface area (TPSA) is 87.7 Å². The number of amides is 3. The highest BCUT2D eigenvalue weighted by atomic mass is 16.6. The molecule has 0 radical (unpaired) electrons. The summed E-state index contributed by atoms with van der Waals surface area (Å²) >= 11 is 0. The SMILES string of the molecule is CCCCCNC(=O)C(c1ccccc1)N(C)C(=O)CNC(=O)OC(C)(C)C. The Morgan fingerprint density at radius 2 is 1.71 bits per heavy atom. The Labute approximate surface area is 167 Å². The molecular weight excluding hydrogens is 358 g/mol. The van der Waals surface area contributed by atoms with E-state index >= 15 is 0 Å². The van der Waals surface area contributed by atoms with Crippen LogP contribution in [0.1, 0.15) is 58.6 Å². The average molecular weight is 392 g/mol. The Morgan fingerprint density at radius 1 is 1.07 bits per heavy atom. The number of nitrogens with one attached hydrogen (secondary N) is 2. The summed E-state index contributed by atoms with van der Waals surface area (Å²) in [5.41, 5.74) is 0.0628. The van der Waals surface area contributed by atoms with Crippen molar-refractivity contribution in [3.05, 3.63) is 35.9 Å². The van der Waals surface area contributed by atoms with Gasteiger partial charge in [-0.1, -0.05) is 50.1 Å². The van der Waals surface area contributed by atoms with E-state index < -0.39 is 17.7 Å². The first-order valence-electron chi connectivity index (χ1n) is 9.71. The van der Waals surface area contributed by atoms with Gasteiger partial charge in [0.15, 0.2) is 0 Å². The normalized spacial score (nSPS) is 12.0. The van der Waals surface area contributed by atoms with Crippen LogP contribution in [0.25, 0.3) is 0 Å². The van der Waals surface area contributed by atoms with E-state index in [1.165, 1.54) is 4.90 Å². The van der Waals surface area contributed by atoms with E-state index in [0.29, 0.717) is 12.1 Å². The predicted octanol–water partition coefficient (Wildman–Crippen LogP) is 3.02. The lowest BCUT2D eigenvalue weighted by molar-refractivity contribution is -0.138. The van der Waals surface area contributed by atoms with Crippen LogP contribution in [0, 0.1) is 0 Å². The quantitative estimate of drug-likeness (QED) is 0.634. The summed E-state index contributed by atoms with van der Waals surface area (Å²) in [5, 5.41) is 5.34. The zero-order valence-electron chi connectivity index (χ0n) is 17.6. The molecule has 0 aliphatic heterocycles. The predicted molar refractivity (Wildman–Crippen MR) is 109 cm³/mol. The fourth-order valence-corrected chi connectivity index (χ4v) is 2.60. The second-order valence-electron chi connectivity index (χ2n) is 7.67. The van der Waals surface area contributed by atoms with Gasteiger partial charge in [-0.15, -0.1) is 0 Å². The molecule has 1 aromatic carbocycles. The van der Waals surface area contributed by atoms with Gasteiger partial charge in [0.2, 0.25) is 11.8 Å². The minimum absolute atomic E-state index is 0.240. The van der Waals surface area contributed by atoms with Gasteiger partial charge in [-0.3, -0.25) is 9.59 Å². The second kappa shape index (κ2) is 11.3. The number of hydrogen-bond acceptors (Lipinski definition) is 4. The molecule has 7 nitrogen and oxygen atoms in total. The average Bonchev–Trinajstić information content (AvgIpc) is 2.63. The van der Waals surface area contributed by atoms with Crippen molar-refractivity contribution in [2.45, 2.75) is 58.6 Å². The van der Waals surface area contributed by atoms with Crippen molar-refractivity contribution in [1.82, 2.24) is 15.5 Å². The summed E-state index contributed by atoms with van der Waals surface area (Å²) in [6.45, 7) is 7.64. The zero-order chi connectivity index (χ0) is 21.2. The highest BCUT2D eigenvalue weighted by Crippen LogP contribution is 2.19. The smallest absolute Gasteiger partial charge is 0.408 e. The Bertz CT molecular complexity index is 641. The van der Waals surface area contributed by atoms with Crippen molar-refractivity contribution < 1.29 is 19.1 Å². The Morgan fingerprint density at radius 3 is 2.29 bits per heavy atom. The zero-order valence-corrected chi connectivity index (χ0v) is 17.6. The maximum Gasteiger partial charge on any atom is 0.408 e. The van der Waals surface area contributed by atoms with Crippen molar-refractivity contribution in [2.24, 2.45) is 0 Å². The third-order valence-corrected chi connectivity index (χ3v) is 4.01. The molecule has 1 aromatic rings. The van der Waals surface area contributed by atoms with Crippen LogP contribution in [0.4, 0.5) is 4.79 Å². The molecule has 0 spiro atoms. The van der Waals surface area contributed by atoms with Gasteiger partial charge in [0.25, 0.3) is 0 Å². The molecule has 1 atom stereocenters. The summed E-state index contributed by atoms with van der Waals surface area (Å²) in [4.78, 5) is 38.5. The summed E-state index contributed by atoms with van der Waals surface area (Å²) in [5.74, 6) is -0.626. The summed E-state index contributed by atoms with van der Waals surface area (Å²) in [6, 6.07) is 8.35. The molecule has 0 bridgehead atoms. The number of unbranched alkanes of at least 4 members (excludes halogenated alkanes) is 2. The molecule has 0 saturated carbocycles. The maximum atomic E-state index is 12.8. The second-order valence-corrected chi connectivity index (χ2v) is 7.67. The molecule has 0 aromatic heterocycles. The third-order valence-electron chi connectivity index (χ3n) is 4.01. The van der Waals surface area contributed by atoms with Gasteiger partial charge in [-0.05, 0) is 32.8 Å². The molecular formula is C21H33N3O4. The molecule has 28 heavy (non-hydrogen) atoms. The van der Waals surface area contributed by atoms with Crippen LogP contribution in [-0.2, 0) is 14.3 Å². The number of likely N-dealkylation sites (N-methyl/N-ethyl adjacent to an activating group) is 1. The summed E-state index contributed by atoms with van der Waals surface area (Å²) in [7, 11) is 1.56. The van der Waals surface area contributed by atoms with Gasteiger partial charge >= 0.3 is 6.09 Å². The number of nitrogens with zero attached hydrogens (tertiary/aromatic N) is 1. The van der Waals surface area contributed by atoms with E-state index in [1.807, 2.05) is 18.2 Å². The number of carbonyl (C=O) groups excluding carboxylic acids is 3. The molecule has 7 heteroatoms. The molecule has 0 aliphatic rings. The maximum absolute atomic E-state index is 12.8. The standard InChI is InChI=1S/C21H33N3O4/c1-6-7-11-14-22-19(26)18(16-12-9-8-10-13-16)24(5)17(25)15-23-20(27)28-21(2,3)4/h8-10,12-13,18H,6-7,11,14-15H2,1-5H3,(H,22,26)(H,23,27). The van der Waals surface area contributed by atoms with Crippen molar-refractivity contribution in [3.8, 4) is 0 Å². The molecule has 1 rings (SSSR count). The van der Waals surface area contributed by atoms with Crippen LogP contribution in [0.2, 0.25) is 0 Å². The summed E-state index contributed by atoms with van der Waals surface area (Å²) in [6.07, 6.45) is 2.31. The van der Waals surface area contributed by atoms with E-state index in [2.05, 4.69) is 17.6 Å². The first-order chi connectivity index (χ1) is 13.2. The molecule has 156 valence electrons. The van der Waals surface area contributed by atoms with Crippen LogP contribution in [-0.4, -0.2) is 48.5 Å². The molecule has 0 saturated heterocycles. The van der Waals surface area contributed by atoms with Crippen molar-refractivity contribution in [2.75, 3.05) is 20.1 Å². The van der Waals surface area contributed by atoms with Gasteiger partial charge in [-0.2, -0.15) is 0 Å². The Balaban J connectivity index is 2.78. The molecule has 3 amide bonds.